The van der Waals surface area contributed by atoms with Crippen molar-refractivity contribution in [3.05, 3.63) is 51.2 Å². The van der Waals surface area contributed by atoms with Crippen LogP contribution in [0.5, 0.6) is 0 Å². The zero-order valence-electron chi connectivity index (χ0n) is 15.4. The molecule has 6 heteroatoms. The predicted molar refractivity (Wildman–Crippen MR) is 108 cm³/mol. The first-order valence-electron chi connectivity index (χ1n) is 8.77. The van der Waals surface area contributed by atoms with E-state index in [2.05, 4.69) is 32.9 Å². The predicted octanol–water partition coefficient (Wildman–Crippen LogP) is 3.75. The molecule has 1 fully saturated rings. The van der Waals surface area contributed by atoms with E-state index >= 15 is 0 Å². The van der Waals surface area contributed by atoms with Crippen LogP contribution in [0, 0.1) is 20.8 Å². The molecule has 0 bridgehead atoms. The topological polar surface area (TPSA) is 40.6 Å². The van der Waals surface area contributed by atoms with E-state index in [0.29, 0.717) is 31.9 Å². The molecule has 1 saturated heterocycles. The number of benzene rings is 1. The Bertz CT molecular complexity index is 771. The van der Waals surface area contributed by atoms with Gasteiger partial charge in [0.15, 0.2) is 0 Å². The molecule has 1 aromatic carbocycles. The smallest absolute Gasteiger partial charge is 0.264 e. The first-order chi connectivity index (χ1) is 12.5. The fourth-order valence-corrected chi connectivity index (χ4v) is 5.05. The highest BCUT2D eigenvalue weighted by atomic mass is 32.2. The van der Waals surface area contributed by atoms with Gasteiger partial charge in [-0.3, -0.25) is 9.59 Å². The van der Waals surface area contributed by atoms with Crippen LogP contribution in [-0.4, -0.2) is 53.5 Å². The molecule has 2 heterocycles. The van der Waals surface area contributed by atoms with Crippen LogP contribution >= 0.6 is 23.1 Å². The zero-order chi connectivity index (χ0) is 18.7. The van der Waals surface area contributed by atoms with Crippen LogP contribution in [0.25, 0.3) is 0 Å². The number of carbonyl (C=O) groups is 2. The quantitative estimate of drug-likeness (QED) is 0.749. The van der Waals surface area contributed by atoms with Crippen LogP contribution in [0.2, 0.25) is 0 Å². The summed E-state index contributed by atoms with van der Waals surface area (Å²) >= 11 is 3.09. The number of nitrogens with zero attached hydrogens (tertiary/aromatic N) is 2. The van der Waals surface area contributed by atoms with E-state index < -0.39 is 0 Å². The first-order valence-corrected chi connectivity index (χ1v) is 10.6. The maximum absolute atomic E-state index is 12.6. The molecule has 2 aromatic rings. The Morgan fingerprint density at radius 2 is 1.65 bits per heavy atom. The second kappa shape index (κ2) is 8.27. The fraction of sp³-hybridized carbons (Fsp3) is 0.400. The van der Waals surface area contributed by atoms with Crippen LogP contribution in [0.3, 0.4) is 0 Å². The normalized spacial score (nSPS) is 14.6. The Morgan fingerprint density at radius 3 is 2.23 bits per heavy atom. The highest BCUT2D eigenvalue weighted by molar-refractivity contribution is 8.00. The first kappa shape index (κ1) is 19.0. The fourth-order valence-electron chi connectivity index (χ4n) is 3.33. The molecule has 0 N–H and O–H groups in total. The number of rotatable bonds is 4. The maximum atomic E-state index is 12.6. The average molecular weight is 389 g/mol. The minimum absolute atomic E-state index is 0.0763. The summed E-state index contributed by atoms with van der Waals surface area (Å²) < 4.78 is 0. The molecule has 0 radical (unpaired) electrons. The van der Waals surface area contributed by atoms with E-state index in [0.717, 1.165) is 4.88 Å². The molecule has 0 spiro atoms. The Hall–Kier alpha value is -1.79. The standard InChI is InChI=1S/C20H24N2O2S2/c1-14-11-15(2)19(16(3)12-14)26-13-18(23)21-6-8-22(9-7-21)20(24)17-5-4-10-25-17/h4-5,10-12H,6-9,13H2,1-3H3. The lowest BCUT2D eigenvalue weighted by Gasteiger charge is -2.34. The summed E-state index contributed by atoms with van der Waals surface area (Å²) in [5.41, 5.74) is 3.71. The minimum atomic E-state index is 0.0763. The SMILES string of the molecule is Cc1cc(C)c(SCC(=O)N2CCN(C(=O)c3cccs3)CC2)c(C)c1. The molecule has 2 amide bonds. The highest BCUT2D eigenvalue weighted by Gasteiger charge is 2.25. The molecule has 26 heavy (non-hydrogen) atoms. The van der Waals surface area contributed by atoms with Gasteiger partial charge in [-0.25, -0.2) is 0 Å². The molecule has 0 unspecified atom stereocenters. The number of hydrogen-bond donors (Lipinski definition) is 0. The second-order valence-corrected chi connectivity index (χ2v) is 8.60. The van der Waals surface area contributed by atoms with Crippen molar-refractivity contribution in [3.63, 3.8) is 0 Å². The zero-order valence-corrected chi connectivity index (χ0v) is 17.1. The van der Waals surface area contributed by atoms with Crippen LogP contribution in [0.1, 0.15) is 26.4 Å². The van der Waals surface area contributed by atoms with Gasteiger partial charge in [-0.05, 0) is 43.3 Å². The number of aryl methyl sites for hydroxylation is 3. The number of hydrogen-bond acceptors (Lipinski definition) is 4. The molecule has 0 aliphatic carbocycles. The number of piperazine rings is 1. The van der Waals surface area contributed by atoms with Crippen LogP contribution in [0.4, 0.5) is 0 Å². The van der Waals surface area contributed by atoms with Crippen molar-refractivity contribution >= 4 is 34.9 Å². The van der Waals surface area contributed by atoms with E-state index in [-0.39, 0.29) is 11.8 Å². The largest absolute Gasteiger partial charge is 0.338 e. The summed E-state index contributed by atoms with van der Waals surface area (Å²) in [5, 5.41) is 1.92. The number of thiophene rings is 1. The molecule has 4 nitrogen and oxygen atoms in total. The summed E-state index contributed by atoms with van der Waals surface area (Å²) in [6.07, 6.45) is 0. The molecule has 3 rings (SSSR count). The minimum Gasteiger partial charge on any atom is -0.338 e. The van der Waals surface area contributed by atoms with E-state index in [1.54, 1.807) is 11.8 Å². The summed E-state index contributed by atoms with van der Waals surface area (Å²) in [6, 6.07) is 8.07. The number of thioether (sulfide) groups is 1. The number of amides is 2. The van der Waals surface area contributed by atoms with E-state index in [4.69, 9.17) is 0 Å². The Balaban J connectivity index is 1.52. The van der Waals surface area contributed by atoms with Gasteiger partial charge in [-0.2, -0.15) is 0 Å². The lowest BCUT2D eigenvalue weighted by molar-refractivity contribution is -0.129. The summed E-state index contributed by atoms with van der Waals surface area (Å²) in [7, 11) is 0. The van der Waals surface area contributed by atoms with Crippen LogP contribution in [0.15, 0.2) is 34.5 Å². The summed E-state index contributed by atoms with van der Waals surface area (Å²) in [6.45, 7) is 8.73. The Morgan fingerprint density at radius 1 is 1.04 bits per heavy atom. The summed E-state index contributed by atoms with van der Waals surface area (Å²) in [4.78, 5) is 30.6. The van der Waals surface area contributed by atoms with Gasteiger partial charge >= 0.3 is 0 Å². The van der Waals surface area contributed by atoms with Crippen LogP contribution in [-0.2, 0) is 4.79 Å². The molecular formula is C20H24N2O2S2. The third-order valence-corrected chi connectivity index (χ3v) is 6.78. The summed E-state index contributed by atoms with van der Waals surface area (Å²) in [5.74, 6) is 0.675. The van der Waals surface area contributed by atoms with Crippen molar-refractivity contribution in [2.24, 2.45) is 0 Å². The molecule has 0 atom stereocenters. The van der Waals surface area contributed by atoms with Gasteiger partial charge in [-0.1, -0.05) is 23.8 Å². The van der Waals surface area contributed by atoms with E-state index in [1.807, 2.05) is 27.3 Å². The Kier molecular flexibility index (Phi) is 6.04. The molecule has 1 aromatic heterocycles. The third kappa shape index (κ3) is 4.30. The lowest BCUT2D eigenvalue weighted by Crippen LogP contribution is -2.51. The van der Waals surface area contributed by atoms with Crippen molar-refractivity contribution < 1.29 is 9.59 Å². The van der Waals surface area contributed by atoms with Crippen molar-refractivity contribution in [1.82, 2.24) is 9.80 Å². The van der Waals surface area contributed by atoms with Gasteiger partial charge in [0, 0.05) is 31.1 Å². The second-order valence-electron chi connectivity index (χ2n) is 6.67. The van der Waals surface area contributed by atoms with Crippen LogP contribution < -0.4 is 0 Å². The molecule has 138 valence electrons. The van der Waals surface area contributed by atoms with Gasteiger partial charge in [0.2, 0.25) is 5.91 Å². The molecule has 0 saturated carbocycles. The van der Waals surface area contributed by atoms with Gasteiger partial charge < -0.3 is 9.80 Å². The molecule has 1 aliphatic rings. The highest BCUT2D eigenvalue weighted by Crippen LogP contribution is 2.28. The molecular weight excluding hydrogens is 364 g/mol. The van der Waals surface area contributed by atoms with Crippen molar-refractivity contribution in [1.29, 1.82) is 0 Å². The average Bonchev–Trinajstić information content (AvgIpc) is 3.14. The van der Waals surface area contributed by atoms with Gasteiger partial charge in [0.1, 0.15) is 0 Å². The van der Waals surface area contributed by atoms with Gasteiger partial charge in [0.25, 0.3) is 5.91 Å². The Labute approximate surface area is 163 Å². The van der Waals surface area contributed by atoms with Crippen molar-refractivity contribution in [2.75, 3.05) is 31.9 Å². The van der Waals surface area contributed by atoms with Gasteiger partial charge in [0.05, 0.1) is 10.6 Å². The monoisotopic (exact) mass is 388 g/mol. The maximum Gasteiger partial charge on any atom is 0.264 e. The molecule has 1 aliphatic heterocycles. The van der Waals surface area contributed by atoms with Crippen molar-refractivity contribution in [3.8, 4) is 0 Å². The lowest BCUT2D eigenvalue weighted by atomic mass is 10.1. The third-order valence-electron chi connectivity index (χ3n) is 4.60. The number of carbonyl (C=O) groups excluding carboxylic acids is 2. The van der Waals surface area contributed by atoms with Gasteiger partial charge in [-0.15, -0.1) is 23.1 Å². The van der Waals surface area contributed by atoms with E-state index in [1.165, 1.54) is 32.9 Å². The van der Waals surface area contributed by atoms with E-state index in [9.17, 15) is 9.59 Å². The van der Waals surface area contributed by atoms with Crippen molar-refractivity contribution in [2.45, 2.75) is 25.7 Å².